The van der Waals surface area contributed by atoms with E-state index in [-0.39, 0.29) is 16.3 Å². The van der Waals surface area contributed by atoms with Crippen molar-refractivity contribution in [3.63, 3.8) is 0 Å². The van der Waals surface area contributed by atoms with Crippen LogP contribution in [0, 0.1) is 0 Å². The molecule has 0 radical (unpaired) electrons. The fourth-order valence-electron chi connectivity index (χ4n) is 2.24. The van der Waals surface area contributed by atoms with E-state index in [1.807, 2.05) is 0 Å². The number of aryl methyl sites for hydroxylation is 1. The van der Waals surface area contributed by atoms with Crippen molar-refractivity contribution in [3.8, 4) is 16.8 Å². The number of hydrogen-bond donors (Lipinski definition) is 0. The molecule has 2 aromatic heterocycles. The van der Waals surface area contributed by atoms with Crippen molar-refractivity contribution < 1.29 is 13.2 Å². The summed E-state index contributed by atoms with van der Waals surface area (Å²) < 4.78 is 40.5. The second-order valence-electron chi connectivity index (χ2n) is 5.19. The Kier molecular flexibility index (Phi) is 4.34. The highest BCUT2D eigenvalue weighted by Gasteiger charge is 2.34. The Bertz CT molecular complexity index is 1010. The van der Waals surface area contributed by atoms with E-state index in [2.05, 4.69) is 10.3 Å². The molecule has 2 heterocycles. The highest BCUT2D eigenvalue weighted by molar-refractivity contribution is 6.34. The number of pyridine rings is 1. The summed E-state index contributed by atoms with van der Waals surface area (Å²) in [6.07, 6.45) is -2.46. The Morgan fingerprint density at radius 3 is 2.44 bits per heavy atom. The molecule has 0 unspecified atom stereocenters. The topological polar surface area (TPSA) is 52.7 Å². The molecule has 3 aromatic rings. The number of aromatic nitrogens is 4. The third kappa shape index (κ3) is 3.40. The molecular formula is C15H9Cl2F3N4O. The minimum atomic E-state index is -4.62. The van der Waals surface area contributed by atoms with E-state index in [9.17, 15) is 18.0 Å². The molecule has 0 saturated carbocycles. The van der Waals surface area contributed by atoms with E-state index < -0.39 is 11.9 Å². The zero-order valence-corrected chi connectivity index (χ0v) is 14.1. The van der Waals surface area contributed by atoms with Gasteiger partial charge < -0.3 is 4.57 Å². The molecule has 0 amide bonds. The van der Waals surface area contributed by atoms with Gasteiger partial charge in [0.1, 0.15) is 0 Å². The molecule has 3 rings (SSSR count). The van der Waals surface area contributed by atoms with Gasteiger partial charge in [-0.05, 0) is 18.2 Å². The molecule has 25 heavy (non-hydrogen) atoms. The highest BCUT2D eigenvalue weighted by Crippen LogP contribution is 2.34. The molecule has 0 saturated heterocycles. The van der Waals surface area contributed by atoms with Crippen LogP contribution in [0.2, 0.25) is 10.0 Å². The van der Waals surface area contributed by atoms with Crippen molar-refractivity contribution in [2.24, 2.45) is 7.05 Å². The highest BCUT2D eigenvalue weighted by atomic mass is 35.5. The summed E-state index contributed by atoms with van der Waals surface area (Å²) >= 11 is 12.2. The van der Waals surface area contributed by atoms with Crippen LogP contribution < -0.4 is 5.56 Å². The Morgan fingerprint density at radius 2 is 1.80 bits per heavy atom. The first-order chi connectivity index (χ1) is 11.7. The van der Waals surface area contributed by atoms with Gasteiger partial charge in [0.2, 0.25) is 0 Å². The zero-order valence-electron chi connectivity index (χ0n) is 12.6. The van der Waals surface area contributed by atoms with Crippen molar-refractivity contribution in [3.05, 3.63) is 62.8 Å². The molecule has 0 spiro atoms. The summed E-state index contributed by atoms with van der Waals surface area (Å²) in [7, 11) is 1.53. The van der Waals surface area contributed by atoms with Gasteiger partial charge >= 0.3 is 6.18 Å². The summed E-state index contributed by atoms with van der Waals surface area (Å²) in [5, 5.41) is 7.21. The summed E-state index contributed by atoms with van der Waals surface area (Å²) in [5.74, 6) is 0. The van der Waals surface area contributed by atoms with Crippen molar-refractivity contribution in [1.29, 1.82) is 0 Å². The molecule has 5 nitrogen and oxygen atoms in total. The van der Waals surface area contributed by atoms with Crippen LogP contribution in [0.25, 0.3) is 16.8 Å². The summed E-state index contributed by atoms with van der Waals surface area (Å²) in [6.45, 7) is 0. The predicted octanol–water partition coefficient (Wildman–Crippen LogP) is 3.96. The smallest absolute Gasteiger partial charge is 0.317 e. The molecule has 0 aliphatic carbocycles. The number of benzene rings is 1. The Labute approximate surface area is 149 Å². The number of rotatable bonds is 2. The minimum absolute atomic E-state index is 0.238. The van der Waals surface area contributed by atoms with Gasteiger partial charge in [0.05, 0.1) is 16.9 Å². The average molecular weight is 389 g/mol. The van der Waals surface area contributed by atoms with E-state index in [4.69, 9.17) is 23.2 Å². The molecule has 0 N–H and O–H groups in total. The lowest BCUT2D eigenvalue weighted by atomic mass is 10.0. The van der Waals surface area contributed by atoms with Crippen molar-refractivity contribution in [2.45, 2.75) is 6.18 Å². The maximum atomic E-state index is 12.8. The fourth-order valence-corrected chi connectivity index (χ4v) is 2.71. The second-order valence-corrected chi connectivity index (χ2v) is 6.04. The van der Waals surface area contributed by atoms with E-state index in [1.54, 1.807) is 0 Å². The van der Waals surface area contributed by atoms with E-state index >= 15 is 0 Å². The largest absolute Gasteiger partial charge is 0.436 e. The third-order valence-electron chi connectivity index (χ3n) is 3.46. The maximum Gasteiger partial charge on any atom is 0.436 e. The Morgan fingerprint density at radius 1 is 1.08 bits per heavy atom. The minimum Gasteiger partial charge on any atom is -0.317 e. The van der Waals surface area contributed by atoms with Crippen molar-refractivity contribution >= 4 is 23.2 Å². The van der Waals surface area contributed by atoms with Crippen LogP contribution in [0.3, 0.4) is 0 Å². The van der Waals surface area contributed by atoms with E-state index in [0.29, 0.717) is 16.1 Å². The first-order valence-electron chi connectivity index (χ1n) is 6.83. The van der Waals surface area contributed by atoms with Crippen LogP contribution in [-0.2, 0) is 13.2 Å². The van der Waals surface area contributed by atoms with Gasteiger partial charge in [-0.3, -0.25) is 4.79 Å². The standard InChI is InChI=1S/C15H9Cl2F3N4O/c1-23-6-11(17)9(5-14(23)25)10-4-8(16)2-3-12(10)24-7-13(21-22-24)15(18,19)20/h2-7H,1H3. The number of nitrogens with zero attached hydrogens (tertiary/aromatic N) is 4. The second kappa shape index (κ2) is 6.20. The summed E-state index contributed by atoms with van der Waals surface area (Å²) in [4.78, 5) is 11.9. The first kappa shape index (κ1) is 17.5. The lowest BCUT2D eigenvalue weighted by molar-refractivity contribution is -0.141. The molecule has 0 aliphatic heterocycles. The SMILES string of the molecule is Cn1cc(Cl)c(-c2cc(Cl)ccc2-n2cc(C(F)(F)F)nn2)cc1=O. The third-order valence-corrected chi connectivity index (χ3v) is 4.00. The van der Waals surface area contributed by atoms with Gasteiger partial charge in [0.15, 0.2) is 5.69 Å². The van der Waals surface area contributed by atoms with Crippen LogP contribution in [0.15, 0.2) is 41.5 Å². The predicted molar refractivity (Wildman–Crippen MR) is 87.1 cm³/mol. The van der Waals surface area contributed by atoms with Gasteiger partial charge in [0.25, 0.3) is 5.56 Å². The molecule has 0 aliphatic rings. The van der Waals surface area contributed by atoms with Crippen molar-refractivity contribution in [1.82, 2.24) is 19.6 Å². The zero-order chi connectivity index (χ0) is 18.4. The molecular weight excluding hydrogens is 380 g/mol. The van der Waals surface area contributed by atoms with Crippen LogP contribution >= 0.6 is 23.2 Å². The van der Waals surface area contributed by atoms with Gasteiger partial charge in [-0.15, -0.1) is 5.10 Å². The van der Waals surface area contributed by atoms with Crippen LogP contribution in [-0.4, -0.2) is 19.6 Å². The average Bonchev–Trinajstić information content (AvgIpc) is 3.01. The summed E-state index contributed by atoms with van der Waals surface area (Å²) in [6, 6.07) is 5.73. The molecule has 130 valence electrons. The fraction of sp³-hybridized carbons (Fsp3) is 0.133. The van der Waals surface area contributed by atoms with Gasteiger partial charge in [-0.1, -0.05) is 28.4 Å². The van der Waals surface area contributed by atoms with E-state index in [1.165, 1.54) is 42.1 Å². The molecule has 0 fully saturated rings. The van der Waals surface area contributed by atoms with Gasteiger partial charge in [0, 0.05) is 35.5 Å². The summed E-state index contributed by atoms with van der Waals surface area (Å²) in [5.41, 5.74) is -0.536. The van der Waals surface area contributed by atoms with Gasteiger partial charge in [-0.2, -0.15) is 13.2 Å². The quantitative estimate of drug-likeness (QED) is 0.667. The number of halogens is 5. The maximum absolute atomic E-state index is 12.8. The Balaban J connectivity index is 2.23. The van der Waals surface area contributed by atoms with Crippen molar-refractivity contribution in [2.75, 3.05) is 0 Å². The molecule has 10 heteroatoms. The lowest BCUT2D eigenvalue weighted by Gasteiger charge is -2.12. The van der Waals surface area contributed by atoms with Crippen LogP contribution in [0.1, 0.15) is 5.69 Å². The Hall–Kier alpha value is -2.32. The molecule has 0 bridgehead atoms. The van der Waals surface area contributed by atoms with Crippen LogP contribution in [0.5, 0.6) is 0 Å². The molecule has 1 aromatic carbocycles. The number of alkyl halides is 3. The lowest BCUT2D eigenvalue weighted by Crippen LogP contribution is -2.15. The van der Waals surface area contributed by atoms with E-state index in [0.717, 1.165) is 10.9 Å². The normalized spacial score (nSPS) is 11.8. The molecule has 0 atom stereocenters. The van der Waals surface area contributed by atoms with Crippen LogP contribution in [0.4, 0.5) is 13.2 Å². The monoisotopic (exact) mass is 388 g/mol. The number of hydrogen-bond acceptors (Lipinski definition) is 3. The van der Waals surface area contributed by atoms with Gasteiger partial charge in [-0.25, -0.2) is 4.68 Å². The first-order valence-corrected chi connectivity index (χ1v) is 7.58.